The van der Waals surface area contributed by atoms with Gasteiger partial charge < -0.3 is 5.32 Å². The van der Waals surface area contributed by atoms with E-state index in [-0.39, 0.29) is 6.54 Å². The molecule has 0 aliphatic carbocycles. The number of hydrogen-bond acceptors (Lipinski definition) is 1. The Kier molecular flexibility index (Phi) is 5.32. The summed E-state index contributed by atoms with van der Waals surface area (Å²) < 4.78 is 51.5. The minimum Gasteiger partial charge on any atom is -0.352 e. The van der Waals surface area contributed by atoms with Gasteiger partial charge in [0.2, 0.25) is 0 Å². The Labute approximate surface area is 108 Å². The highest BCUT2D eigenvalue weighted by atomic mass is 19.4. The van der Waals surface area contributed by atoms with E-state index in [9.17, 15) is 22.4 Å². The van der Waals surface area contributed by atoms with Crippen molar-refractivity contribution in [1.82, 2.24) is 5.32 Å². The Balaban J connectivity index is 2.90. The van der Waals surface area contributed by atoms with Crippen LogP contribution in [0.15, 0.2) is 18.2 Å². The normalized spacial score (nSPS) is 11.4. The van der Waals surface area contributed by atoms with Crippen molar-refractivity contribution >= 4 is 5.91 Å². The van der Waals surface area contributed by atoms with Crippen molar-refractivity contribution in [3.8, 4) is 0 Å². The summed E-state index contributed by atoms with van der Waals surface area (Å²) in [7, 11) is 0. The first kappa shape index (κ1) is 15.5. The summed E-state index contributed by atoms with van der Waals surface area (Å²) in [6, 6.07) is 2.48. The molecule has 0 heterocycles. The predicted octanol–water partition coefficient (Wildman–Crippen LogP) is 3.76. The van der Waals surface area contributed by atoms with Crippen molar-refractivity contribution in [3.05, 3.63) is 35.1 Å². The lowest BCUT2D eigenvalue weighted by Crippen LogP contribution is -2.28. The molecule has 1 amide bonds. The van der Waals surface area contributed by atoms with Crippen LogP contribution in [0.1, 0.15) is 42.1 Å². The smallest absolute Gasteiger partial charge is 0.352 e. The van der Waals surface area contributed by atoms with Gasteiger partial charge in [-0.15, -0.1) is 0 Å². The first-order valence-corrected chi connectivity index (χ1v) is 6.01. The molecule has 0 saturated carbocycles. The topological polar surface area (TPSA) is 29.1 Å². The van der Waals surface area contributed by atoms with Crippen molar-refractivity contribution in [2.45, 2.75) is 32.4 Å². The largest absolute Gasteiger partial charge is 0.417 e. The Morgan fingerprint density at radius 3 is 2.53 bits per heavy atom. The summed E-state index contributed by atoms with van der Waals surface area (Å²) >= 11 is 0. The Morgan fingerprint density at radius 1 is 1.26 bits per heavy atom. The number of amides is 1. The molecule has 1 rings (SSSR count). The van der Waals surface area contributed by atoms with E-state index in [1.165, 1.54) is 0 Å². The fourth-order valence-electron chi connectivity index (χ4n) is 1.66. The van der Waals surface area contributed by atoms with Crippen LogP contribution in [0.5, 0.6) is 0 Å². The molecule has 0 unspecified atom stereocenters. The Hall–Kier alpha value is -1.59. The first-order valence-electron chi connectivity index (χ1n) is 6.01. The predicted molar refractivity (Wildman–Crippen MR) is 63.3 cm³/mol. The zero-order valence-electron chi connectivity index (χ0n) is 10.5. The number of hydrogen-bond donors (Lipinski definition) is 1. The molecule has 6 heteroatoms. The molecule has 1 N–H and O–H groups in total. The lowest BCUT2D eigenvalue weighted by Gasteiger charge is -2.13. The minimum absolute atomic E-state index is 0.234. The molecule has 1 aromatic rings. The van der Waals surface area contributed by atoms with Gasteiger partial charge in [-0.3, -0.25) is 4.79 Å². The standard InChI is InChI=1S/C13H15F4NO/c1-2-3-4-8-18-12(19)11-9(13(15,16)17)6-5-7-10(11)14/h5-7H,2-4,8H2,1H3,(H,18,19). The van der Waals surface area contributed by atoms with E-state index >= 15 is 0 Å². The summed E-state index contributed by atoms with van der Waals surface area (Å²) in [6.45, 7) is 2.19. The van der Waals surface area contributed by atoms with Crippen molar-refractivity contribution in [2.24, 2.45) is 0 Å². The van der Waals surface area contributed by atoms with E-state index in [1.54, 1.807) is 0 Å². The lowest BCUT2D eigenvalue weighted by molar-refractivity contribution is -0.138. The fraction of sp³-hybridized carbons (Fsp3) is 0.462. The van der Waals surface area contributed by atoms with Crippen LogP contribution in [0.25, 0.3) is 0 Å². The maximum absolute atomic E-state index is 13.4. The lowest BCUT2D eigenvalue weighted by atomic mass is 10.1. The highest BCUT2D eigenvalue weighted by Crippen LogP contribution is 2.32. The molecule has 0 aliphatic heterocycles. The third-order valence-electron chi connectivity index (χ3n) is 2.61. The van der Waals surface area contributed by atoms with Gasteiger partial charge in [0.25, 0.3) is 5.91 Å². The number of rotatable bonds is 5. The second-order valence-corrected chi connectivity index (χ2v) is 4.12. The third kappa shape index (κ3) is 4.22. The maximum Gasteiger partial charge on any atom is 0.417 e. The number of nitrogens with one attached hydrogen (secondary N) is 1. The number of carbonyl (C=O) groups excluding carboxylic acids is 1. The van der Waals surface area contributed by atoms with Crippen LogP contribution >= 0.6 is 0 Å². The summed E-state index contributed by atoms with van der Waals surface area (Å²) in [5.74, 6) is -2.19. The summed E-state index contributed by atoms with van der Waals surface area (Å²) in [6.07, 6.45) is -2.33. The molecule has 0 fully saturated rings. The van der Waals surface area contributed by atoms with Gasteiger partial charge in [-0.25, -0.2) is 4.39 Å². The molecule has 0 aliphatic rings. The van der Waals surface area contributed by atoms with Gasteiger partial charge >= 0.3 is 6.18 Å². The number of alkyl halides is 3. The quantitative estimate of drug-likeness (QED) is 0.644. The van der Waals surface area contributed by atoms with Crippen LogP contribution in [0.4, 0.5) is 17.6 Å². The molecule has 106 valence electrons. The van der Waals surface area contributed by atoms with E-state index in [1.807, 2.05) is 6.92 Å². The molecule has 2 nitrogen and oxygen atoms in total. The number of unbranched alkanes of at least 4 members (excludes halogenated alkanes) is 2. The molecule has 0 aromatic heterocycles. The average molecular weight is 277 g/mol. The molecule has 0 spiro atoms. The van der Waals surface area contributed by atoms with Crippen LogP contribution in [-0.2, 0) is 6.18 Å². The van der Waals surface area contributed by atoms with Crippen LogP contribution in [0.2, 0.25) is 0 Å². The highest BCUT2D eigenvalue weighted by Gasteiger charge is 2.36. The van der Waals surface area contributed by atoms with E-state index in [0.717, 1.165) is 25.0 Å². The Bertz CT molecular complexity index is 443. The van der Waals surface area contributed by atoms with Gasteiger partial charge in [0.15, 0.2) is 0 Å². The molecule has 1 aromatic carbocycles. The van der Waals surface area contributed by atoms with E-state index in [4.69, 9.17) is 0 Å². The molecular weight excluding hydrogens is 262 g/mol. The number of carbonyl (C=O) groups is 1. The first-order chi connectivity index (χ1) is 8.88. The van der Waals surface area contributed by atoms with Crippen molar-refractivity contribution < 1.29 is 22.4 Å². The molecule has 19 heavy (non-hydrogen) atoms. The van der Waals surface area contributed by atoms with Crippen LogP contribution in [-0.4, -0.2) is 12.5 Å². The second kappa shape index (κ2) is 6.54. The van der Waals surface area contributed by atoms with Gasteiger partial charge in [0, 0.05) is 6.54 Å². The van der Waals surface area contributed by atoms with Crippen LogP contribution in [0, 0.1) is 5.82 Å². The molecule has 0 saturated heterocycles. The van der Waals surface area contributed by atoms with Gasteiger partial charge in [-0.1, -0.05) is 25.8 Å². The van der Waals surface area contributed by atoms with Crippen molar-refractivity contribution in [3.63, 3.8) is 0 Å². The van der Waals surface area contributed by atoms with E-state index in [0.29, 0.717) is 12.5 Å². The number of benzene rings is 1. The second-order valence-electron chi connectivity index (χ2n) is 4.12. The zero-order valence-corrected chi connectivity index (χ0v) is 10.5. The molecule has 0 bridgehead atoms. The third-order valence-corrected chi connectivity index (χ3v) is 2.61. The van der Waals surface area contributed by atoms with Gasteiger partial charge in [0.1, 0.15) is 5.82 Å². The maximum atomic E-state index is 13.4. The zero-order chi connectivity index (χ0) is 14.5. The summed E-state index contributed by atoms with van der Waals surface area (Å²) in [4.78, 5) is 11.6. The summed E-state index contributed by atoms with van der Waals surface area (Å²) in [5.41, 5.74) is -2.19. The fourth-order valence-corrected chi connectivity index (χ4v) is 1.66. The van der Waals surface area contributed by atoms with Crippen molar-refractivity contribution in [2.75, 3.05) is 6.54 Å². The summed E-state index contributed by atoms with van der Waals surface area (Å²) in [5, 5.41) is 2.31. The van der Waals surface area contributed by atoms with Crippen molar-refractivity contribution in [1.29, 1.82) is 0 Å². The molecule has 0 radical (unpaired) electrons. The van der Waals surface area contributed by atoms with Gasteiger partial charge in [0.05, 0.1) is 11.1 Å². The van der Waals surface area contributed by atoms with Gasteiger partial charge in [-0.05, 0) is 18.6 Å². The minimum atomic E-state index is -4.75. The van der Waals surface area contributed by atoms with E-state index < -0.39 is 29.0 Å². The van der Waals surface area contributed by atoms with Crippen LogP contribution < -0.4 is 5.32 Å². The Morgan fingerprint density at radius 2 is 1.95 bits per heavy atom. The average Bonchev–Trinajstić information content (AvgIpc) is 2.33. The number of halogens is 4. The highest BCUT2D eigenvalue weighted by molar-refractivity contribution is 5.96. The molecule has 0 atom stereocenters. The molecular formula is C13H15F4NO. The van der Waals surface area contributed by atoms with Crippen LogP contribution in [0.3, 0.4) is 0 Å². The van der Waals surface area contributed by atoms with E-state index in [2.05, 4.69) is 5.32 Å². The SMILES string of the molecule is CCCCCNC(=O)c1c(F)cccc1C(F)(F)F. The van der Waals surface area contributed by atoms with Gasteiger partial charge in [-0.2, -0.15) is 13.2 Å². The monoisotopic (exact) mass is 277 g/mol.